The number of nitrogens with one attached hydrogen (secondary N) is 1. The van der Waals surface area contributed by atoms with Crippen molar-refractivity contribution in [1.29, 1.82) is 0 Å². The number of anilines is 1. The molecule has 6 nitrogen and oxygen atoms in total. The molecule has 1 aliphatic carbocycles. The lowest BCUT2D eigenvalue weighted by molar-refractivity contribution is 0.0742. The molecule has 1 N–H and O–H groups in total. The lowest BCUT2D eigenvalue weighted by Crippen LogP contribution is -2.38. The molecule has 0 aromatic carbocycles. The number of hydrogen-bond donors (Lipinski definition) is 1. The van der Waals surface area contributed by atoms with Crippen LogP contribution in [0.15, 0.2) is 30.0 Å². The Bertz CT molecular complexity index is 789. The van der Waals surface area contributed by atoms with Crippen LogP contribution < -0.4 is 5.32 Å². The highest BCUT2D eigenvalue weighted by atomic mass is 32.2. The topological polar surface area (TPSA) is 79.4 Å². The van der Waals surface area contributed by atoms with E-state index in [1.807, 2.05) is 6.07 Å². The van der Waals surface area contributed by atoms with Crippen LogP contribution >= 0.6 is 0 Å². The summed E-state index contributed by atoms with van der Waals surface area (Å²) in [5, 5.41) is 3.36. The number of aromatic nitrogens is 1. The van der Waals surface area contributed by atoms with Crippen molar-refractivity contribution in [1.82, 2.24) is 9.88 Å². The van der Waals surface area contributed by atoms with E-state index in [4.69, 9.17) is 0 Å². The van der Waals surface area contributed by atoms with Gasteiger partial charge in [0, 0.05) is 31.5 Å². The van der Waals surface area contributed by atoms with E-state index in [2.05, 4.69) is 16.4 Å². The summed E-state index contributed by atoms with van der Waals surface area (Å²) in [4.78, 5) is 18.3. The molecule has 1 aromatic rings. The van der Waals surface area contributed by atoms with Gasteiger partial charge in [-0.2, -0.15) is 0 Å². The highest BCUT2D eigenvalue weighted by Crippen LogP contribution is 2.21. The van der Waals surface area contributed by atoms with Crippen LogP contribution in [0.25, 0.3) is 0 Å². The van der Waals surface area contributed by atoms with Gasteiger partial charge in [-0.3, -0.25) is 9.78 Å². The van der Waals surface area contributed by atoms with Gasteiger partial charge in [0.2, 0.25) is 0 Å². The number of nitrogens with zero attached hydrogens (tertiary/aromatic N) is 2. The second kappa shape index (κ2) is 8.20. The minimum Gasteiger partial charge on any atom is -0.385 e. The van der Waals surface area contributed by atoms with Crippen LogP contribution in [0.2, 0.25) is 0 Å². The predicted molar refractivity (Wildman–Crippen MR) is 103 cm³/mol. The molecule has 0 bridgehead atoms. The maximum Gasteiger partial charge on any atom is 0.272 e. The average Bonchev–Trinajstić information content (AvgIpc) is 3.01. The van der Waals surface area contributed by atoms with Gasteiger partial charge < -0.3 is 10.2 Å². The van der Waals surface area contributed by atoms with E-state index >= 15 is 0 Å². The van der Waals surface area contributed by atoms with Crippen molar-refractivity contribution in [2.75, 3.05) is 30.4 Å². The summed E-state index contributed by atoms with van der Waals surface area (Å²) in [6.45, 7) is 0.834. The Labute approximate surface area is 155 Å². The van der Waals surface area contributed by atoms with Gasteiger partial charge in [-0.05, 0) is 50.7 Å². The molecule has 1 fully saturated rings. The smallest absolute Gasteiger partial charge is 0.272 e. The largest absolute Gasteiger partial charge is 0.385 e. The van der Waals surface area contributed by atoms with E-state index in [-0.39, 0.29) is 23.5 Å². The molecule has 2 aliphatic rings. The summed E-state index contributed by atoms with van der Waals surface area (Å²) in [5.74, 6) is -0.0339. The van der Waals surface area contributed by atoms with Crippen molar-refractivity contribution < 1.29 is 13.2 Å². The molecule has 0 spiro atoms. The summed E-state index contributed by atoms with van der Waals surface area (Å²) >= 11 is 0. The maximum absolute atomic E-state index is 12.6. The van der Waals surface area contributed by atoms with E-state index in [0.29, 0.717) is 12.1 Å². The van der Waals surface area contributed by atoms with Gasteiger partial charge in [0.1, 0.15) is 5.69 Å². The maximum atomic E-state index is 12.6. The first kappa shape index (κ1) is 18.9. The monoisotopic (exact) mass is 377 g/mol. The number of rotatable bonds is 6. The van der Waals surface area contributed by atoms with Crippen molar-refractivity contribution in [3.05, 3.63) is 35.7 Å². The van der Waals surface area contributed by atoms with Gasteiger partial charge in [0.25, 0.3) is 5.91 Å². The van der Waals surface area contributed by atoms with Crippen molar-refractivity contribution >= 4 is 21.4 Å². The molecular weight excluding hydrogens is 350 g/mol. The quantitative estimate of drug-likeness (QED) is 0.771. The first-order valence-corrected chi connectivity index (χ1v) is 11.1. The fourth-order valence-corrected chi connectivity index (χ4v) is 5.36. The predicted octanol–water partition coefficient (Wildman–Crippen LogP) is 2.64. The standard InChI is InChI=1S/C19H27N3O3S/c1-22(17-9-12-26(24,25)14-17)19(23)18-13-16(8-11-21-18)20-10-7-15-5-3-2-4-6-15/h5,8,11,13,17H,2-4,6-7,9-10,12,14H2,1H3,(H,20,21). The van der Waals surface area contributed by atoms with Gasteiger partial charge in [-0.25, -0.2) is 8.42 Å². The first-order valence-electron chi connectivity index (χ1n) is 9.30. The van der Waals surface area contributed by atoms with E-state index in [1.165, 1.54) is 36.2 Å². The van der Waals surface area contributed by atoms with Gasteiger partial charge in [-0.1, -0.05) is 11.6 Å². The Hall–Kier alpha value is -1.89. The summed E-state index contributed by atoms with van der Waals surface area (Å²) in [5.41, 5.74) is 2.72. The summed E-state index contributed by atoms with van der Waals surface area (Å²) in [7, 11) is -1.36. The zero-order valence-electron chi connectivity index (χ0n) is 15.3. The molecule has 7 heteroatoms. The van der Waals surface area contributed by atoms with E-state index < -0.39 is 9.84 Å². The van der Waals surface area contributed by atoms with Crippen LogP contribution in [0, 0.1) is 0 Å². The zero-order valence-corrected chi connectivity index (χ0v) is 16.1. The zero-order chi connectivity index (χ0) is 18.6. The molecule has 0 radical (unpaired) electrons. The summed E-state index contributed by atoms with van der Waals surface area (Å²) in [6.07, 6.45) is 10.4. The van der Waals surface area contributed by atoms with Crippen molar-refractivity contribution in [3.8, 4) is 0 Å². The molecule has 3 rings (SSSR count). The molecule has 2 heterocycles. The van der Waals surface area contributed by atoms with Gasteiger partial charge in [0.05, 0.1) is 11.5 Å². The van der Waals surface area contributed by atoms with Crippen LogP contribution in [0.1, 0.15) is 49.0 Å². The number of carbonyl (C=O) groups excluding carboxylic acids is 1. The molecule has 0 saturated carbocycles. The van der Waals surface area contributed by atoms with Crippen molar-refractivity contribution in [2.24, 2.45) is 0 Å². The highest BCUT2D eigenvalue weighted by molar-refractivity contribution is 7.91. The Morgan fingerprint density at radius 2 is 2.23 bits per heavy atom. The average molecular weight is 378 g/mol. The second-order valence-electron chi connectivity index (χ2n) is 7.19. The SMILES string of the molecule is CN(C(=O)c1cc(NCCC2=CCCCC2)ccn1)C1CCS(=O)(=O)C1. The molecule has 142 valence electrons. The number of sulfone groups is 1. The number of carbonyl (C=O) groups is 1. The lowest BCUT2D eigenvalue weighted by atomic mass is 9.97. The van der Waals surface area contributed by atoms with Crippen molar-refractivity contribution in [3.63, 3.8) is 0 Å². The third kappa shape index (κ3) is 4.84. The normalized spacial score (nSPS) is 21.9. The highest BCUT2D eigenvalue weighted by Gasteiger charge is 2.33. The molecular formula is C19H27N3O3S. The first-order chi connectivity index (χ1) is 12.4. The number of pyridine rings is 1. The van der Waals surface area contributed by atoms with Gasteiger partial charge in [0.15, 0.2) is 9.84 Å². The Kier molecular flexibility index (Phi) is 5.96. The van der Waals surface area contributed by atoms with Gasteiger partial charge >= 0.3 is 0 Å². The van der Waals surface area contributed by atoms with Crippen LogP contribution in [-0.2, 0) is 9.84 Å². The van der Waals surface area contributed by atoms with Crippen LogP contribution in [0.3, 0.4) is 0 Å². The van der Waals surface area contributed by atoms with E-state index in [1.54, 1.807) is 19.3 Å². The Morgan fingerprint density at radius 1 is 1.38 bits per heavy atom. The number of allylic oxidation sites excluding steroid dienone is 1. The van der Waals surface area contributed by atoms with Crippen molar-refractivity contribution in [2.45, 2.75) is 44.6 Å². The van der Waals surface area contributed by atoms with E-state index in [9.17, 15) is 13.2 Å². The molecule has 1 saturated heterocycles. The second-order valence-corrected chi connectivity index (χ2v) is 9.42. The third-order valence-corrected chi connectivity index (χ3v) is 6.97. The minimum absolute atomic E-state index is 0.0439. The number of amides is 1. The fraction of sp³-hybridized carbons (Fsp3) is 0.579. The molecule has 1 unspecified atom stereocenters. The molecule has 26 heavy (non-hydrogen) atoms. The Morgan fingerprint density at radius 3 is 2.92 bits per heavy atom. The Balaban J connectivity index is 1.57. The van der Waals surface area contributed by atoms with E-state index in [0.717, 1.165) is 18.7 Å². The molecule has 1 amide bonds. The number of hydrogen-bond acceptors (Lipinski definition) is 5. The molecule has 1 aromatic heterocycles. The van der Waals surface area contributed by atoms with Crippen LogP contribution in [-0.4, -0.2) is 55.3 Å². The van der Waals surface area contributed by atoms with Crippen LogP contribution in [0.4, 0.5) is 5.69 Å². The lowest BCUT2D eigenvalue weighted by Gasteiger charge is -2.23. The third-order valence-electron chi connectivity index (χ3n) is 5.22. The fourth-order valence-electron chi connectivity index (χ4n) is 3.58. The molecule has 1 atom stereocenters. The minimum atomic E-state index is -3.02. The van der Waals surface area contributed by atoms with Crippen LogP contribution in [0.5, 0.6) is 0 Å². The summed E-state index contributed by atoms with van der Waals surface area (Å²) < 4.78 is 23.3. The summed E-state index contributed by atoms with van der Waals surface area (Å²) in [6, 6.07) is 3.34. The van der Waals surface area contributed by atoms with Gasteiger partial charge in [-0.15, -0.1) is 0 Å². The molecule has 1 aliphatic heterocycles.